The SMILES string of the molecule is CN(Cc1cccc(Cl)c1Cl)C(=O)C1CNC1.Cl. The summed E-state index contributed by atoms with van der Waals surface area (Å²) in [6, 6.07) is 5.47. The van der Waals surface area contributed by atoms with Gasteiger partial charge in [-0.25, -0.2) is 0 Å². The number of benzene rings is 1. The van der Waals surface area contributed by atoms with E-state index >= 15 is 0 Å². The lowest BCUT2D eigenvalue weighted by Crippen LogP contribution is -2.51. The van der Waals surface area contributed by atoms with Gasteiger partial charge in [-0.2, -0.15) is 0 Å². The van der Waals surface area contributed by atoms with Crippen LogP contribution in [0, 0.1) is 5.92 Å². The van der Waals surface area contributed by atoms with Crippen molar-refractivity contribution < 1.29 is 4.79 Å². The van der Waals surface area contributed by atoms with Gasteiger partial charge in [0.15, 0.2) is 0 Å². The van der Waals surface area contributed by atoms with Gasteiger partial charge in [-0.05, 0) is 11.6 Å². The van der Waals surface area contributed by atoms with Crippen LogP contribution >= 0.6 is 35.6 Å². The molecule has 6 heteroatoms. The third-order valence-electron chi connectivity index (χ3n) is 2.95. The Morgan fingerprint density at radius 1 is 1.44 bits per heavy atom. The molecule has 3 nitrogen and oxygen atoms in total. The Hall–Kier alpha value is -0.480. The lowest BCUT2D eigenvalue weighted by Gasteiger charge is -2.30. The van der Waals surface area contributed by atoms with Crippen LogP contribution in [0.1, 0.15) is 5.56 Å². The number of hydrogen-bond acceptors (Lipinski definition) is 2. The van der Waals surface area contributed by atoms with Crippen LogP contribution < -0.4 is 5.32 Å². The molecule has 0 spiro atoms. The first kappa shape index (κ1) is 15.6. The molecule has 0 bridgehead atoms. The highest BCUT2D eigenvalue weighted by Gasteiger charge is 2.27. The summed E-state index contributed by atoms with van der Waals surface area (Å²) >= 11 is 12.0. The topological polar surface area (TPSA) is 32.3 Å². The Kier molecular flexibility index (Phi) is 5.73. The van der Waals surface area contributed by atoms with E-state index in [1.165, 1.54) is 0 Å². The Bertz CT molecular complexity index is 435. The quantitative estimate of drug-likeness (QED) is 0.931. The first-order chi connectivity index (χ1) is 8.09. The molecule has 1 aromatic rings. The summed E-state index contributed by atoms with van der Waals surface area (Å²) in [5, 5.41) is 4.14. The smallest absolute Gasteiger partial charge is 0.228 e. The molecule has 0 saturated carbocycles. The van der Waals surface area contributed by atoms with Crippen molar-refractivity contribution in [1.82, 2.24) is 10.2 Å². The summed E-state index contributed by atoms with van der Waals surface area (Å²) in [4.78, 5) is 13.6. The van der Waals surface area contributed by atoms with E-state index in [0.717, 1.165) is 18.7 Å². The Morgan fingerprint density at radius 3 is 2.67 bits per heavy atom. The van der Waals surface area contributed by atoms with E-state index in [2.05, 4.69) is 5.32 Å². The average molecular weight is 310 g/mol. The number of nitrogens with zero attached hydrogens (tertiary/aromatic N) is 1. The van der Waals surface area contributed by atoms with Gasteiger partial charge in [0.1, 0.15) is 0 Å². The zero-order chi connectivity index (χ0) is 12.4. The highest BCUT2D eigenvalue weighted by Crippen LogP contribution is 2.26. The fourth-order valence-electron chi connectivity index (χ4n) is 1.78. The average Bonchev–Trinajstić information content (AvgIpc) is 2.22. The number of carbonyl (C=O) groups is 1. The third-order valence-corrected chi connectivity index (χ3v) is 3.80. The van der Waals surface area contributed by atoms with Crippen LogP contribution in [0.3, 0.4) is 0 Å². The zero-order valence-corrected chi connectivity index (χ0v) is 12.3. The summed E-state index contributed by atoms with van der Waals surface area (Å²) in [5.41, 5.74) is 0.877. The molecule has 0 aliphatic carbocycles. The van der Waals surface area contributed by atoms with Gasteiger partial charge in [-0.15, -0.1) is 12.4 Å². The standard InChI is InChI=1S/C12H14Cl2N2O.ClH/c1-16(12(17)9-5-15-6-9)7-8-3-2-4-10(13)11(8)14;/h2-4,9,15H,5-7H2,1H3;1H. The van der Waals surface area contributed by atoms with Gasteiger partial charge >= 0.3 is 0 Å². The van der Waals surface area contributed by atoms with Gasteiger partial charge < -0.3 is 10.2 Å². The minimum Gasteiger partial charge on any atom is -0.341 e. The van der Waals surface area contributed by atoms with Crippen LogP contribution in [0.2, 0.25) is 10.0 Å². The van der Waals surface area contributed by atoms with E-state index in [1.54, 1.807) is 18.0 Å². The molecule has 0 unspecified atom stereocenters. The fourth-order valence-corrected chi connectivity index (χ4v) is 2.16. The van der Waals surface area contributed by atoms with Gasteiger partial charge in [-0.3, -0.25) is 4.79 Å². The summed E-state index contributed by atoms with van der Waals surface area (Å²) in [6.07, 6.45) is 0. The second kappa shape index (κ2) is 6.62. The Labute approximate surface area is 123 Å². The molecule has 1 aromatic carbocycles. The normalized spacial score (nSPS) is 14.6. The monoisotopic (exact) mass is 308 g/mol. The molecule has 1 aliphatic heterocycles. The first-order valence-electron chi connectivity index (χ1n) is 5.48. The summed E-state index contributed by atoms with van der Waals surface area (Å²) in [7, 11) is 1.79. The van der Waals surface area contributed by atoms with E-state index in [-0.39, 0.29) is 24.2 Å². The van der Waals surface area contributed by atoms with E-state index < -0.39 is 0 Å². The fraction of sp³-hybridized carbons (Fsp3) is 0.417. The van der Waals surface area contributed by atoms with Gasteiger partial charge in [-0.1, -0.05) is 35.3 Å². The van der Waals surface area contributed by atoms with Crippen molar-refractivity contribution in [1.29, 1.82) is 0 Å². The van der Waals surface area contributed by atoms with E-state index in [0.29, 0.717) is 16.6 Å². The predicted octanol–water partition coefficient (Wildman–Crippen LogP) is 2.59. The van der Waals surface area contributed by atoms with Crippen LogP contribution in [0.15, 0.2) is 18.2 Å². The molecular formula is C12H15Cl3N2O. The molecule has 1 heterocycles. The number of carbonyl (C=O) groups excluding carboxylic acids is 1. The van der Waals surface area contributed by atoms with Gasteiger partial charge in [0.2, 0.25) is 5.91 Å². The minimum atomic E-state index is 0. The van der Waals surface area contributed by atoms with Crippen molar-refractivity contribution in [2.45, 2.75) is 6.54 Å². The van der Waals surface area contributed by atoms with Crippen molar-refractivity contribution in [2.75, 3.05) is 20.1 Å². The van der Waals surface area contributed by atoms with Crippen LogP contribution in [-0.4, -0.2) is 30.9 Å². The second-order valence-corrected chi connectivity index (χ2v) is 5.05. The molecule has 1 fully saturated rings. The van der Waals surface area contributed by atoms with E-state index in [1.807, 2.05) is 12.1 Å². The summed E-state index contributed by atoms with van der Waals surface area (Å²) in [6.45, 7) is 2.04. The lowest BCUT2D eigenvalue weighted by atomic mass is 10.0. The van der Waals surface area contributed by atoms with E-state index in [4.69, 9.17) is 23.2 Å². The van der Waals surface area contributed by atoms with Crippen LogP contribution in [0.4, 0.5) is 0 Å². The number of amides is 1. The van der Waals surface area contributed by atoms with Gasteiger partial charge in [0, 0.05) is 26.7 Å². The lowest BCUT2D eigenvalue weighted by molar-refractivity contribution is -0.136. The van der Waals surface area contributed by atoms with Crippen LogP contribution in [0.25, 0.3) is 0 Å². The summed E-state index contributed by atoms with van der Waals surface area (Å²) < 4.78 is 0. The maximum Gasteiger partial charge on any atom is 0.228 e. The molecule has 2 rings (SSSR count). The summed E-state index contributed by atoms with van der Waals surface area (Å²) in [5.74, 6) is 0.262. The van der Waals surface area contributed by atoms with Gasteiger partial charge in [0.25, 0.3) is 0 Å². The molecule has 0 atom stereocenters. The second-order valence-electron chi connectivity index (χ2n) is 4.26. The van der Waals surface area contributed by atoms with Crippen molar-refractivity contribution in [2.24, 2.45) is 5.92 Å². The largest absolute Gasteiger partial charge is 0.341 e. The first-order valence-corrected chi connectivity index (χ1v) is 6.23. The number of nitrogens with one attached hydrogen (secondary N) is 1. The molecule has 0 aromatic heterocycles. The van der Waals surface area contributed by atoms with Gasteiger partial charge in [0.05, 0.1) is 16.0 Å². The minimum absolute atomic E-state index is 0. The Morgan fingerprint density at radius 2 is 2.11 bits per heavy atom. The maximum absolute atomic E-state index is 11.9. The van der Waals surface area contributed by atoms with Crippen LogP contribution in [-0.2, 0) is 11.3 Å². The molecule has 0 radical (unpaired) electrons. The van der Waals surface area contributed by atoms with Crippen molar-refractivity contribution in [3.05, 3.63) is 33.8 Å². The van der Waals surface area contributed by atoms with Crippen molar-refractivity contribution >= 4 is 41.5 Å². The maximum atomic E-state index is 11.9. The molecular weight excluding hydrogens is 295 g/mol. The zero-order valence-electron chi connectivity index (χ0n) is 9.95. The molecule has 18 heavy (non-hydrogen) atoms. The molecule has 100 valence electrons. The number of halogens is 3. The number of hydrogen-bond donors (Lipinski definition) is 1. The highest BCUT2D eigenvalue weighted by atomic mass is 35.5. The molecule has 1 aliphatic rings. The van der Waals surface area contributed by atoms with Crippen molar-refractivity contribution in [3.63, 3.8) is 0 Å². The third kappa shape index (κ3) is 3.29. The number of rotatable bonds is 3. The molecule has 1 amide bonds. The predicted molar refractivity (Wildman–Crippen MR) is 76.5 cm³/mol. The van der Waals surface area contributed by atoms with Crippen LogP contribution in [0.5, 0.6) is 0 Å². The highest BCUT2D eigenvalue weighted by molar-refractivity contribution is 6.42. The molecule has 1 saturated heterocycles. The Balaban J connectivity index is 0.00000162. The molecule has 1 N–H and O–H groups in total. The van der Waals surface area contributed by atoms with Crippen molar-refractivity contribution in [3.8, 4) is 0 Å². The van der Waals surface area contributed by atoms with E-state index in [9.17, 15) is 4.79 Å².